The number of nitrogens with zero attached hydrogens (tertiary/aromatic N) is 4. The van der Waals surface area contributed by atoms with Gasteiger partial charge in [0.05, 0.1) is 19.1 Å². The van der Waals surface area contributed by atoms with Crippen LogP contribution < -0.4 is 10.2 Å². The van der Waals surface area contributed by atoms with E-state index in [1.165, 1.54) is 25.1 Å². The van der Waals surface area contributed by atoms with E-state index in [-0.39, 0.29) is 17.4 Å². The minimum Gasteiger partial charge on any atom is -0.504 e. The standard InChI is InChI=1S/C23H24BrN5O3S/c1-15(2)11-12-29-22(16-7-9-18(24)10-8-16)27-28-23(29)33-14-20(30)26-25-13-17-5-4-6-19(32-3)21(17)31/h4-10,13,31H,1,11-12,14H2,2-3H3,(H,26,30). The molecule has 0 saturated carbocycles. The minimum atomic E-state index is -0.307. The number of hydrazone groups is 1. The Morgan fingerprint density at radius 1 is 1.30 bits per heavy atom. The van der Waals surface area contributed by atoms with Gasteiger partial charge in [-0.05, 0) is 37.6 Å². The first kappa shape index (κ1) is 24.5. The predicted octanol–water partition coefficient (Wildman–Crippen LogP) is 4.63. The van der Waals surface area contributed by atoms with Gasteiger partial charge in [-0.25, -0.2) is 5.43 Å². The second kappa shape index (κ2) is 11.7. The van der Waals surface area contributed by atoms with E-state index in [2.05, 4.69) is 43.2 Å². The van der Waals surface area contributed by atoms with E-state index in [1.54, 1.807) is 18.2 Å². The molecule has 3 aromatic rings. The Kier molecular flexibility index (Phi) is 8.67. The summed E-state index contributed by atoms with van der Waals surface area (Å²) in [4.78, 5) is 12.3. The van der Waals surface area contributed by atoms with Gasteiger partial charge in [-0.1, -0.05) is 51.5 Å². The molecule has 0 bridgehead atoms. The van der Waals surface area contributed by atoms with Crippen molar-refractivity contribution in [1.29, 1.82) is 0 Å². The Morgan fingerprint density at radius 3 is 2.76 bits per heavy atom. The number of ether oxygens (including phenoxy) is 1. The van der Waals surface area contributed by atoms with Crippen molar-refractivity contribution in [2.24, 2.45) is 5.10 Å². The second-order valence-electron chi connectivity index (χ2n) is 7.15. The zero-order valence-corrected chi connectivity index (χ0v) is 20.7. The van der Waals surface area contributed by atoms with Crippen LogP contribution in [0.2, 0.25) is 0 Å². The van der Waals surface area contributed by atoms with E-state index < -0.39 is 0 Å². The van der Waals surface area contributed by atoms with E-state index in [1.807, 2.05) is 35.8 Å². The van der Waals surface area contributed by atoms with Crippen molar-refractivity contribution in [3.05, 3.63) is 64.7 Å². The zero-order chi connectivity index (χ0) is 23.8. The summed E-state index contributed by atoms with van der Waals surface area (Å²) in [6.45, 7) is 6.61. The molecule has 2 N–H and O–H groups in total. The average Bonchev–Trinajstić information content (AvgIpc) is 3.20. The van der Waals surface area contributed by atoms with Crippen molar-refractivity contribution in [2.45, 2.75) is 25.0 Å². The van der Waals surface area contributed by atoms with Crippen LogP contribution in [-0.4, -0.2) is 44.9 Å². The second-order valence-corrected chi connectivity index (χ2v) is 9.01. The summed E-state index contributed by atoms with van der Waals surface area (Å²) < 4.78 is 8.03. The number of allylic oxidation sites excluding steroid dienone is 1. The molecule has 10 heteroatoms. The lowest BCUT2D eigenvalue weighted by Gasteiger charge is -2.10. The van der Waals surface area contributed by atoms with Crippen LogP contribution in [0.5, 0.6) is 11.5 Å². The molecule has 0 atom stereocenters. The normalized spacial score (nSPS) is 11.0. The summed E-state index contributed by atoms with van der Waals surface area (Å²) in [6, 6.07) is 12.9. The molecule has 0 spiro atoms. The predicted molar refractivity (Wildman–Crippen MR) is 134 cm³/mol. The number of nitrogens with one attached hydrogen (secondary N) is 1. The SMILES string of the molecule is C=C(C)CCn1c(SCC(=O)NN=Cc2cccc(OC)c2O)nnc1-c1ccc(Br)cc1. The number of halogens is 1. The topological polar surface area (TPSA) is 102 Å². The molecule has 0 fully saturated rings. The number of thioether (sulfide) groups is 1. The van der Waals surface area contributed by atoms with Gasteiger partial charge in [-0.15, -0.1) is 16.8 Å². The summed E-state index contributed by atoms with van der Waals surface area (Å²) in [7, 11) is 1.46. The van der Waals surface area contributed by atoms with Crippen LogP contribution in [0, 0.1) is 0 Å². The largest absolute Gasteiger partial charge is 0.504 e. The summed E-state index contributed by atoms with van der Waals surface area (Å²) >= 11 is 4.72. The maximum Gasteiger partial charge on any atom is 0.250 e. The molecular weight excluding hydrogens is 506 g/mol. The Balaban J connectivity index is 1.67. The van der Waals surface area contributed by atoms with Crippen LogP contribution in [0.1, 0.15) is 18.9 Å². The summed E-state index contributed by atoms with van der Waals surface area (Å²) in [5.41, 5.74) is 4.88. The number of hydrogen-bond donors (Lipinski definition) is 2. The number of phenols is 1. The van der Waals surface area contributed by atoms with Gasteiger partial charge in [0.2, 0.25) is 0 Å². The third-order valence-corrected chi connectivity index (χ3v) is 6.05. The quantitative estimate of drug-likeness (QED) is 0.172. The smallest absolute Gasteiger partial charge is 0.250 e. The highest BCUT2D eigenvalue weighted by molar-refractivity contribution is 9.10. The molecule has 0 aliphatic carbocycles. The van der Waals surface area contributed by atoms with Gasteiger partial charge < -0.3 is 14.4 Å². The van der Waals surface area contributed by atoms with Crippen molar-refractivity contribution in [1.82, 2.24) is 20.2 Å². The number of benzene rings is 2. The van der Waals surface area contributed by atoms with Crippen molar-refractivity contribution in [3.63, 3.8) is 0 Å². The molecule has 172 valence electrons. The molecule has 33 heavy (non-hydrogen) atoms. The third-order valence-electron chi connectivity index (χ3n) is 4.56. The number of aromatic hydroxyl groups is 1. The van der Waals surface area contributed by atoms with Gasteiger partial charge in [-0.2, -0.15) is 5.10 Å². The number of para-hydroxylation sites is 1. The van der Waals surface area contributed by atoms with Gasteiger partial charge in [0.1, 0.15) is 0 Å². The van der Waals surface area contributed by atoms with Crippen LogP contribution in [0.4, 0.5) is 0 Å². The highest BCUT2D eigenvalue weighted by Crippen LogP contribution is 2.28. The lowest BCUT2D eigenvalue weighted by molar-refractivity contribution is -0.118. The molecular formula is C23H24BrN5O3S. The summed E-state index contributed by atoms with van der Waals surface area (Å²) in [5.74, 6) is 0.818. The van der Waals surface area contributed by atoms with Gasteiger partial charge >= 0.3 is 0 Å². The molecule has 8 nitrogen and oxygen atoms in total. The summed E-state index contributed by atoms with van der Waals surface area (Å²) in [5, 5.41) is 23.3. The van der Waals surface area contributed by atoms with E-state index in [0.717, 1.165) is 27.9 Å². The van der Waals surface area contributed by atoms with Crippen molar-refractivity contribution >= 4 is 39.8 Å². The first-order valence-corrected chi connectivity index (χ1v) is 11.8. The Bertz CT molecular complexity index is 1160. The van der Waals surface area contributed by atoms with Gasteiger partial charge in [-0.3, -0.25) is 4.79 Å². The minimum absolute atomic E-state index is 0.0431. The van der Waals surface area contributed by atoms with Crippen molar-refractivity contribution in [3.8, 4) is 22.9 Å². The van der Waals surface area contributed by atoms with E-state index in [4.69, 9.17) is 4.74 Å². The van der Waals surface area contributed by atoms with Crippen LogP contribution >= 0.6 is 27.7 Å². The molecule has 0 radical (unpaired) electrons. The van der Waals surface area contributed by atoms with Gasteiger partial charge in [0.25, 0.3) is 5.91 Å². The molecule has 1 heterocycles. The third kappa shape index (κ3) is 6.69. The highest BCUT2D eigenvalue weighted by atomic mass is 79.9. The van der Waals surface area contributed by atoms with Crippen LogP contribution in [0.3, 0.4) is 0 Å². The summed E-state index contributed by atoms with van der Waals surface area (Å²) in [6.07, 6.45) is 2.14. The van der Waals surface area contributed by atoms with E-state index >= 15 is 0 Å². The lowest BCUT2D eigenvalue weighted by atomic mass is 10.2. The van der Waals surface area contributed by atoms with Crippen molar-refractivity contribution in [2.75, 3.05) is 12.9 Å². The van der Waals surface area contributed by atoms with E-state index in [0.29, 0.717) is 23.0 Å². The molecule has 1 aromatic heterocycles. The monoisotopic (exact) mass is 529 g/mol. The Labute approximate surface area is 204 Å². The Hall–Kier alpha value is -3.11. The first-order valence-electron chi connectivity index (χ1n) is 10.0. The fraction of sp³-hybridized carbons (Fsp3) is 0.217. The number of hydrogen-bond acceptors (Lipinski definition) is 7. The zero-order valence-electron chi connectivity index (χ0n) is 18.3. The number of rotatable bonds is 10. The average molecular weight is 530 g/mol. The number of aromatic nitrogens is 3. The first-order chi connectivity index (χ1) is 15.9. The molecule has 0 aliphatic heterocycles. The fourth-order valence-corrected chi connectivity index (χ4v) is 3.88. The lowest BCUT2D eigenvalue weighted by Crippen LogP contribution is -2.20. The molecule has 3 rings (SSSR count). The number of amides is 1. The number of carbonyl (C=O) groups is 1. The molecule has 2 aromatic carbocycles. The molecule has 0 aliphatic rings. The van der Waals surface area contributed by atoms with E-state index in [9.17, 15) is 9.90 Å². The van der Waals surface area contributed by atoms with Crippen LogP contribution in [-0.2, 0) is 11.3 Å². The van der Waals surface area contributed by atoms with Gasteiger partial charge in [0, 0.05) is 22.1 Å². The molecule has 1 amide bonds. The maximum atomic E-state index is 12.3. The van der Waals surface area contributed by atoms with Gasteiger partial charge in [0.15, 0.2) is 22.5 Å². The number of phenolic OH excluding ortho intramolecular Hbond substituents is 1. The molecule has 0 saturated heterocycles. The Morgan fingerprint density at radius 2 is 2.06 bits per heavy atom. The number of methoxy groups -OCH3 is 1. The number of carbonyl (C=O) groups excluding carboxylic acids is 1. The highest BCUT2D eigenvalue weighted by Gasteiger charge is 2.16. The van der Waals surface area contributed by atoms with Crippen molar-refractivity contribution < 1.29 is 14.6 Å². The maximum absolute atomic E-state index is 12.3. The van der Waals surface area contributed by atoms with Crippen LogP contribution in [0.25, 0.3) is 11.4 Å². The molecule has 0 unspecified atom stereocenters. The fourth-order valence-electron chi connectivity index (χ4n) is 2.86. The van der Waals surface area contributed by atoms with Crippen LogP contribution in [0.15, 0.2) is 69.3 Å².